The van der Waals surface area contributed by atoms with Gasteiger partial charge in [0.25, 0.3) is 5.91 Å². The van der Waals surface area contributed by atoms with Crippen molar-refractivity contribution in [3.05, 3.63) is 59.4 Å². The molecule has 1 unspecified atom stereocenters. The van der Waals surface area contributed by atoms with Crippen LogP contribution < -0.4 is 10.2 Å². The normalized spacial score (nSPS) is 16.2. The van der Waals surface area contributed by atoms with E-state index in [1.54, 1.807) is 19.9 Å². The van der Waals surface area contributed by atoms with E-state index in [1.807, 2.05) is 6.92 Å². The lowest BCUT2D eigenvalue weighted by Crippen LogP contribution is -2.46. The first kappa shape index (κ1) is 24.2. The number of anilines is 1. The predicted molar refractivity (Wildman–Crippen MR) is 125 cm³/mol. The van der Waals surface area contributed by atoms with Gasteiger partial charge in [0.2, 0.25) is 0 Å². The van der Waals surface area contributed by atoms with Crippen LogP contribution in [-0.4, -0.2) is 57.2 Å². The van der Waals surface area contributed by atoms with Crippen LogP contribution in [-0.2, 0) is 9.84 Å². The topological polar surface area (TPSA) is 69.7 Å². The second-order valence-electron chi connectivity index (χ2n) is 8.44. The zero-order valence-corrected chi connectivity index (χ0v) is 20.0. The van der Waals surface area contributed by atoms with Gasteiger partial charge in [0.15, 0.2) is 9.84 Å². The molecule has 8 heteroatoms. The Hall–Kier alpha value is -2.45. The molecule has 0 aromatic heterocycles. The van der Waals surface area contributed by atoms with Crippen molar-refractivity contribution in [1.82, 2.24) is 10.2 Å². The number of sulfone groups is 1. The first-order valence-electron chi connectivity index (χ1n) is 11.0. The third-order valence-corrected chi connectivity index (χ3v) is 8.20. The van der Waals surface area contributed by atoms with Gasteiger partial charge in [-0.1, -0.05) is 6.92 Å². The molecule has 1 saturated heterocycles. The minimum absolute atomic E-state index is 0.190. The second kappa shape index (κ2) is 10.0. The maximum atomic E-state index is 14.1. The quantitative estimate of drug-likeness (QED) is 0.682. The van der Waals surface area contributed by atoms with Crippen molar-refractivity contribution in [1.29, 1.82) is 0 Å². The number of nitrogens with one attached hydrogen (secondary N) is 1. The van der Waals surface area contributed by atoms with Gasteiger partial charge in [-0.2, -0.15) is 0 Å². The number of benzene rings is 2. The van der Waals surface area contributed by atoms with E-state index in [9.17, 15) is 17.6 Å². The van der Waals surface area contributed by atoms with Gasteiger partial charge >= 0.3 is 0 Å². The van der Waals surface area contributed by atoms with Gasteiger partial charge < -0.3 is 15.1 Å². The number of piperazine rings is 1. The second-order valence-corrected chi connectivity index (χ2v) is 10.9. The number of amides is 1. The highest BCUT2D eigenvalue weighted by Gasteiger charge is 2.23. The first-order chi connectivity index (χ1) is 15.1. The summed E-state index contributed by atoms with van der Waals surface area (Å²) in [7, 11) is -3.40. The lowest BCUT2D eigenvalue weighted by atomic mass is 10.0. The predicted octanol–water partition coefficient (Wildman–Crippen LogP) is 3.64. The number of rotatable bonds is 7. The van der Waals surface area contributed by atoms with E-state index >= 15 is 0 Å². The third kappa shape index (κ3) is 5.30. The Bertz CT molecular complexity index is 1050. The fraction of sp³-hybridized carbons (Fsp3) is 0.458. The molecule has 1 atom stereocenters. The molecule has 1 heterocycles. The molecule has 2 aromatic carbocycles. The number of hydrogen-bond acceptors (Lipinski definition) is 5. The molecule has 0 bridgehead atoms. The Morgan fingerprint density at radius 3 is 2.22 bits per heavy atom. The van der Waals surface area contributed by atoms with Crippen molar-refractivity contribution in [2.45, 2.75) is 43.9 Å². The summed E-state index contributed by atoms with van der Waals surface area (Å²) in [4.78, 5) is 17.6. The minimum Gasteiger partial charge on any atom is -0.369 e. The molecule has 1 N–H and O–H groups in total. The van der Waals surface area contributed by atoms with Crippen molar-refractivity contribution in [3.8, 4) is 0 Å². The average Bonchev–Trinajstić information content (AvgIpc) is 2.79. The molecule has 32 heavy (non-hydrogen) atoms. The molecule has 1 aliphatic rings. The number of carbonyl (C=O) groups excluding carboxylic acids is 1. The number of hydrogen-bond donors (Lipinski definition) is 1. The van der Waals surface area contributed by atoms with Crippen LogP contribution in [0.4, 0.5) is 10.1 Å². The standard InChI is InChI=1S/C24H32FN3O3S/c1-5-27-12-14-28(15-13-27)23-11-8-20(25)16-22(23)18(4)26-24(29)19-6-9-21(10-7-19)32(30,31)17(2)3/h6-11,16-18H,5,12-15H2,1-4H3,(H,26,29). The minimum atomic E-state index is -3.40. The molecule has 1 fully saturated rings. The zero-order chi connectivity index (χ0) is 23.5. The Morgan fingerprint density at radius 1 is 1.03 bits per heavy atom. The van der Waals surface area contributed by atoms with Crippen molar-refractivity contribution in [3.63, 3.8) is 0 Å². The smallest absolute Gasteiger partial charge is 0.251 e. The number of nitrogens with zero attached hydrogens (tertiary/aromatic N) is 2. The molecule has 1 amide bonds. The van der Waals surface area contributed by atoms with Crippen molar-refractivity contribution in [2.75, 3.05) is 37.6 Å². The summed E-state index contributed by atoms with van der Waals surface area (Å²) in [5.41, 5.74) is 2.00. The maximum absolute atomic E-state index is 14.1. The highest BCUT2D eigenvalue weighted by Crippen LogP contribution is 2.29. The van der Waals surface area contributed by atoms with Crippen LogP contribution in [0, 0.1) is 5.82 Å². The van der Waals surface area contributed by atoms with E-state index in [2.05, 4.69) is 22.0 Å². The van der Waals surface area contributed by atoms with E-state index in [0.717, 1.165) is 44.0 Å². The summed E-state index contributed by atoms with van der Waals surface area (Å²) in [5.74, 6) is -0.683. The van der Waals surface area contributed by atoms with E-state index in [-0.39, 0.29) is 16.6 Å². The summed E-state index contributed by atoms with van der Waals surface area (Å²) in [6.07, 6.45) is 0. The number of likely N-dealkylation sites (N-methyl/N-ethyl adjacent to an activating group) is 1. The van der Waals surface area contributed by atoms with E-state index in [0.29, 0.717) is 5.56 Å². The van der Waals surface area contributed by atoms with E-state index in [1.165, 1.54) is 36.4 Å². The molecule has 6 nitrogen and oxygen atoms in total. The monoisotopic (exact) mass is 461 g/mol. The molecule has 3 rings (SSSR count). The van der Waals surface area contributed by atoms with Crippen LogP contribution >= 0.6 is 0 Å². The molecular formula is C24H32FN3O3S. The van der Waals surface area contributed by atoms with Gasteiger partial charge in [-0.3, -0.25) is 4.79 Å². The molecule has 0 aliphatic carbocycles. The largest absolute Gasteiger partial charge is 0.369 e. The Labute approximate surface area is 190 Å². The van der Waals surface area contributed by atoms with Gasteiger partial charge in [0, 0.05) is 43.0 Å². The van der Waals surface area contributed by atoms with Gasteiger partial charge in [0.1, 0.15) is 5.82 Å². The lowest BCUT2D eigenvalue weighted by molar-refractivity contribution is 0.0939. The summed E-state index contributed by atoms with van der Waals surface area (Å²) in [5, 5.41) is 2.39. The molecule has 1 aliphatic heterocycles. The average molecular weight is 462 g/mol. The zero-order valence-electron chi connectivity index (χ0n) is 19.1. The molecule has 0 saturated carbocycles. The Morgan fingerprint density at radius 2 is 1.66 bits per heavy atom. The summed E-state index contributed by atoms with van der Waals surface area (Å²) < 4.78 is 38.7. The van der Waals surface area contributed by atoms with E-state index < -0.39 is 21.1 Å². The van der Waals surface area contributed by atoms with Crippen molar-refractivity contribution >= 4 is 21.4 Å². The van der Waals surface area contributed by atoms with Crippen LogP contribution in [0.3, 0.4) is 0 Å². The molecular weight excluding hydrogens is 429 g/mol. The number of carbonyl (C=O) groups is 1. The fourth-order valence-electron chi connectivity index (χ4n) is 3.89. The molecule has 2 aromatic rings. The van der Waals surface area contributed by atoms with Crippen molar-refractivity contribution in [2.24, 2.45) is 0 Å². The van der Waals surface area contributed by atoms with Crippen LogP contribution in [0.5, 0.6) is 0 Å². The maximum Gasteiger partial charge on any atom is 0.251 e. The summed E-state index contributed by atoms with van der Waals surface area (Å²) in [6.45, 7) is 11.8. The number of halogens is 1. The first-order valence-corrected chi connectivity index (χ1v) is 12.6. The fourth-order valence-corrected chi connectivity index (χ4v) is 4.95. The van der Waals surface area contributed by atoms with Crippen LogP contribution in [0.1, 0.15) is 49.7 Å². The van der Waals surface area contributed by atoms with Crippen LogP contribution in [0.15, 0.2) is 47.4 Å². The highest BCUT2D eigenvalue weighted by molar-refractivity contribution is 7.92. The van der Waals surface area contributed by atoms with Crippen molar-refractivity contribution < 1.29 is 17.6 Å². The van der Waals surface area contributed by atoms with Crippen LogP contribution in [0.25, 0.3) is 0 Å². The molecule has 0 radical (unpaired) electrons. The van der Waals surface area contributed by atoms with Gasteiger partial charge in [-0.15, -0.1) is 0 Å². The van der Waals surface area contributed by atoms with Crippen LogP contribution in [0.2, 0.25) is 0 Å². The highest BCUT2D eigenvalue weighted by atomic mass is 32.2. The Kier molecular flexibility index (Phi) is 7.56. The third-order valence-electron chi connectivity index (χ3n) is 6.03. The van der Waals surface area contributed by atoms with Gasteiger partial charge in [0.05, 0.1) is 16.2 Å². The molecule has 174 valence electrons. The molecule has 0 spiro atoms. The van der Waals surface area contributed by atoms with E-state index in [4.69, 9.17) is 0 Å². The van der Waals surface area contributed by atoms with Gasteiger partial charge in [-0.25, -0.2) is 12.8 Å². The summed E-state index contributed by atoms with van der Waals surface area (Å²) in [6, 6.07) is 10.2. The Balaban J connectivity index is 1.76. The summed E-state index contributed by atoms with van der Waals surface area (Å²) >= 11 is 0. The SMILES string of the molecule is CCN1CCN(c2ccc(F)cc2C(C)NC(=O)c2ccc(S(=O)(=O)C(C)C)cc2)CC1. The lowest BCUT2D eigenvalue weighted by Gasteiger charge is -2.37. The van der Waals surface area contributed by atoms with Gasteiger partial charge in [-0.05, 0) is 69.8 Å².